The highest BCUT2D eigenvalue weighted by Gasteiger charge is 2.17. The molecule has 0 radical (unpaired) electrons. The highest BCUT2D eigenvalue weighted by atomic mass is 32.2. The maximum absolute atomic E-state index is 5.75. The SMILES string of the molecule is Nc1nc(SC2CCCCC2)nc(-n2cccn2)n1. The predicted molar refractivity (Wildman–Crippen MR) is 74.1 cm³/mol. The first kappa shape index (κ1) is 12.4. The zero-order valence-corrected chi connectivity index (χ0v) is 11.4. The number of nitrogens with two attached hydrogens (primary N) is 1. The van der Waals surface area contributed by atoms with E-state index < -0.39 is 0 Å². The monoisotopic (exact) mass is 276 g/mol. The van der Waals surface area contributed by atoms with Crippen molar-refractivity contribution in [3.05, 3.63) is 18.5 Å². The molecule has 2 aromatic rings. The van der Waals surface area contributed by atoms with Crippen molar-refractivity contribution in [2.75, 3.05) is 5.73 Å². The maximum Gasteiger partial charge on any atom is 0.256 e. The van der Waals surface area contributed by atoms with E-state index in [1.54, 1.807) is 28.8 Å². The number of aromatic nitrogens is 5. The van der Waals surface area contributed by atoms with E-state index in [-0.39, 0.29) is 5.95 Å². The fourth-order valence-electron chi connectivity index (χ4n) is 2.24. The zero-order valence-electron chi connectivity index (χ0n) is 10.6. The topological polar surface area (TPSA) is 82.5 Å². The van der Waals surface area contributed by atoms with E-state index in [1.807, 2.05) is 6.07 Å². The first-order valence-electron chi connectivity index (χ1n) is 6.49. The average molecular weight is 276 g/mol. The molecule has 1 aliphatic carbocycles. The smallest absolute Gasteiger partial charge is 0.256 e. The summed E-state index contributed by atoms with van der Waals surface area (Å²) < 4.78 is 1.60. The lowest BCUT2D eigenvalue weighted by Gasteiger charge is -2.19. The molecule has 1 fully saturated rings. The van der Waals surface area contributed by atoms with Gasteiger partial charge in [-0.25, -0.2) is 4.68 Å². The Labute approximate surface area is 115 Å². The average Bonchev–Trinajstić information content (AvgIpc) is 2.93. The highest BCUT2D eigenvalue weighted by molar-refractivity contribution is 7.99. The van der Waals surface area contributed by atoms with Crippen LogP contribution in [0.3, 0.4) is 0 Å². The molecule has 0 unspecified atom stereocenters. The molecule has 3 rings (SSSR count). The molecule has 2 aromatic heterocycles. The molecule has 0 bridgehead atoms. The van der Waals surface area contributed by atoms with Crippen LogP contribution in [0.15, 0.2) is 23.6 Å². The van der Waals surface area contributed by atoms with Crippen LogP contribution in [-0.4, -0.2) is 30.0 Å². The minimum absolute atomic E-state index is 0.249. The summed E-state index contributed by atoms with van der Waals surface area (Å²) in [7, 11) is 0. The third-order valence-electron chi connectivity index (χ3n) is 3.15. The van der Waals surface area contributed by atoms with E-state index in [4.69, 9.17) is 5.73 Å². The number of hydrogen-bond acceptors (Lipinski definition) is 6. The van der Waals surface area contributed by atoms with Crippen molar-refractivity contribution in [3.63, 3.8) is 0 Å². The molecule has 0 atom stereocenters. The Morgan fingerprint density at radius 3 is 2.74 bits per heavy atom. The Morgan fingerprint density at radius 2 is 2.00 bits per heavy atom. The van der Waals surface area contributed by atoms with Crippen LogP contribution in [0.5, 0.6) is 0 Å². The summed E-state index contributed by atoms with van der Waals surface area (Å²) in [6.45, 7) is 0. The van der Waals surface area contributed by atoms with Crippen LogP contribution in [0.25, 0.3) is 5.95 Å². The van der Waals surface area contributed by atoms with Crippen molar-refractivity contribution in [2.24, 2.45) is 0 Å². The number of rotatable bonds is 3. The van der Waals surface area contributed by atoms with Crippen LogP contribution in [-0.2, 0) is 0 Å². The first-order valence-corrected chi connectivity index (χ1v) is 7.37. The van der Waals surface area contributed by atoms with E-state index in [9.17, 15) is 0 Å². The van der Waals surface area contributed by atoms with Gasteiger partial charge in [0.2, 0.25) is 5.95 Å². The van der Waals surface area contributed by atoms with E-state index in [0.29, 0.717) is 16.4 Å². The molecule has 0 aromatic carbocycles. The largest absolute Gasteiger partial charge is 0.368 e. The molecular weight excluding hydrogens is 260 g/mol. The minimum atomic E-state index is 0.249. The summed E-state index contributed by atoms with van der Waals surface area (Å²) in [6, 6.07) is 1.83. The van der Waals surface area contributed by atoms with Gasteiger partial charge in [0.25, 0.3) is 5.95 Å². The van der Waals surface area contributed by atoms with Gasteiger partial charge in [0.1, 0.15) is 0 Å². The Balaban J connectivity index is 1.81. The second kappa shape index (κ2) is 5.56. The summed E-state index contributed by atoms with van der Waals surface area (Å²) in [5.74, 6) is 0.731. The van der Waals surface area contributed by atoms with E-state index in [1.165, 1.54) is 32.1 Å². The number of anilines is 1. The molecule has 0 saturated heterocycles. The molecule has 7 heteroatoms. The zero-order chi connectivity index (χ0) is 13.1. The van der Waals surface area contributed by atoms with Crippen molar-refractivity contribution in [1.29, 1.82) is 0 Å². The second-order valence-corrected chi connectivity index (χ2v) is 5.87. The Morgan fingerprint density at radius 1 is 1.16 bits per heavy atom. The normalized spacial score (nSPS) is 16.6. The van der Waals surface area contributed by atoms with E-state index in [0.717, 1.165) is 0 Å². The van der Waals surface area contributed by atoms with Gasteiger partial charge in [-0.2, -0.15) is 20.1 Å². The van der Waals surface area contributed by atoms with E-state index in [2.05, 4.69) is 20.1 Å². The number of thioether (sulfide) groups is 1. The van der Waals surface area contributed by atoms with Crippen molar-refractivity contribution in [1.82, 2.24) is 24.7 Å². The van der Waals surface area contributed by atoms with Crippen LogP contribution in [0.4, 0.5) is 5.95 Å². The van der Waals surface area contributed by atoms with Gasteiger partial charge in [-0.05, 0) is 18.9 Å². The van der Waals surface area contributed by atoms with Crippen LogP contribution in [0, 0.1) is 0 Å². The molecule has 1 saturated carbocycles. The maximum atomic E-state index is 5.75. The fourth-order valence-corrected chi connectivity index (χ4v) is 3.38. The van der Waals surface area contributed by atoms with Crippen molar-refractivity contribution in [2.45, 2.75) is 42.5 Å². The van der Waals surface area contributed by atoms with Crippen molar-refractivity contribution >= 4 is 17.7 Å². The number of nitrogen functional groups attached to an aromatic ring is 1. The third kappa shape index (κ3) is 3.04. The van der Waals surface area contributed by atoms with Gasteiger partial charge < -0.3 is 5.73 Å². The van der Waals surface area contributed by atoms with Crippen LogP contribution >= 0.6 is 11.8 Å². The molecule has 0 aliphatic heterocycles. The van der Waals surface area contributed by atoms with Crippen LogP contribution in [0.2, 0.25) is 0 Å². The minimum Gasteiger partial charge on any atom is -0.368 e. The Kier molecular flexibility index (Phi) is 3.63. The van der Waals surface area contributed by atoms with Gasteiger partial charge in [0, 0.05) is 17.6 Å². The molecule has 0 spiro atoms. The van der Waals surface area contributed by atoms with E-state index >= 15 is 0 Å². The standard InChI is InChI=1S/C12H16N6S/c13-10-15-11(18-8-4-7-14-18)17-12(16-10)19-9-5-2-1-3-6-9/h4,7-9H,1-3,5-6H2,(H2,13,15,16,17). The quantitative estimate of drug-likeness (QED) is 0.924. The molecule has 100 valence electrons. The molecular formula is C12H16N6S. The summed E-state index contributed by atoms with van der Waals surface area (Å²) in [6.07, 6.45) is 9.88. The van der Waals surface area contributed by atoms with Gasteiger partial charge in [-0.1, -0.05) is 31.0 Å². The lowest BCUT2D eigenvalue weighted by atomic mass is 10.0. The Hall–Kier alpha value is -1.63. The van der Waals surface area contributed by atoms with Gasteiger partial charge in [-0.3, -0.25) is 0 Å². The lowest BCUT2D eigenvalue weighted by molar-refractivity contribution is 0.515. The predicted octanol–water partition coefficient (Wildman–Crippen LogP) is 2.06. The molecule has 19 heavy (non-hydrogen) atoms. The third-order valence-corrected chi connectivity index (χ3v) is 4.35. The molecule has 2 heterocycles. The molecule has 0 amide bonds. The number of hydrogen-bond donors (Lipinski definition) is 1. The van der Waals surface area contributed by atoms with Crippen LogP contribution in [0.1, 0.15) is 32.1 Å². The van der Waals surface area contributed by atoms with Crippen molar-refractivity contribution < 1.29 is 0 Å². The van der Waals surface area contributed by atoms with Gasteiger partial charge >= 0.3 is 0 Å². The van der Waals surface area contributed by atoms with Gasteiger partial charge in [0.15, 0.2) is 5.16 Å². The summed E-state index contributed by atoms with van der Waals surface area (Å²) >= 11 is 1.71. The molecule has 1 aliphatic rings. The van der Waals surface area contributed by atoms with Crippen LogP contribution < -0.4 is 5.73 Å². The fraction of sp³-hybridized carbons (Fsp3) is 0.500. The summed E-state index contributed by atoms with van der Waals surface area (Å²) in [5, 5.41) is 5.41. The second-order valence-electron chi connectivity index (χ2n) is 4.60. The summed E-state index contributed by atoms with van der Waals surface area (Å²) in [5.41, 5.74) is 5.75. The summed E-state index contributed by atoms with van der Waals surface area (Å²) in [4.78, 5) is 12.8. The lowest BCUT2D eigenvalue weighted by Crippen LogP contribution is -2.11. The molecule has 2 N–H and O–H groups in total. The Bertz CT molecular complexity index is 535. The van der Waals surface area contributed by atoms with Gasteiger partial charge in [-0.15, -0.1) is 0 Å². The highest BCUT2D eigenvalue weighted by Crippen LogP contribution is 2.32. The molecule has 6 nitrogen and oxygen atoms in total. The first-order chi connectivity index (χ1) is 9.31. The van der Waals surface area contributed by atoms with Crippen molar-refractivity contribution in [3.8, 4) is 5.95 Å². The number of nitrogens with zero attached hydrogens (tertiary/aromatic N) is 5. The van der Waals surface area contributed by atoms with Gasteiger partial charge in [0.05, 0.1) is 0 Å².